The normalized spacial score (nSPS) is 18.7. The molecule has 4 nitrogen and oxygen atoms in total. The van der Waals surface area contributed by atoms with Crippen molar-refractivity contribution in [2.45, 2.75) is 39.2 Å². The molecular weight excluding hydrogens is 365 g/mol. The van der Waals surface area contributed by atoms with Gasteiger partial charge in [-0.2, -0.15) is 0 Å². The van der Waals surface area contributed by atoms with Gasteiger partial charge < -0.3 is 15.8 Å². The van der Waals surface area contributed by atoms with Crippen molar-refractivity contribution >= 4 is 35.6 Å². The van der Waals surface area contributed by atoms with Crippen LogP contribution in [-0.4, -0.2) is 25.2 Å². The maximum Gasteiger partial charge on any atom is 0.193 e. The van der Waals surface area contributed by atoms with Crippen molar-refractivity contribution in [2.75, 3.05) is 18.5 Å². The molecule has 0 amide bonds. The lowest BCUT2D eigenvalue weighted by Crippen LogP contribution is -2.23. The van der Waals surface area contributed by atoms with Crippen LogP contribution in [-0.2, 0) is 4.74 Å². The number of nitrogens with one attached hydrogen (secondary N) is 1. The number of aryl methyl sites for hydroxylation is 2. The Hall–Kier alpha value is -0.820. The zero-order valence-corrected chi connectivity index (χ0v) is 14.5. The van der Waals surface area contributed by atoms with Crippen LogP contribution in [0.1, 0.15) is 30.4 Å². The van der Waals surface area contributed by atoms with Crippen LogP contribution in [0.3, 0.4) is 0 Å². The number of anilines is 1. The number of rotatable bonds is 4. The van der Waals surface area contributed by atoms with Gasteiger partial charge in [-0.3, -0.25) is 4.99 Å². The Kier molecular flexibility index (Phi) is 7.29. The van der Waals surface area contributed by atoms with E-state index in [-0.39, 0.29) is 24.0 Å². The van der Waals surface area contributed by atoms with Gasteiger partial charge in [0.2, 0.25) is 0 Å². The first-order valence-corrected chi connectivity index (χ1v) is 6.91. The van der Waals surface area contributed by atoms with E-state index in [1.54, 1.807) is 0 Å². The smallest absolute Gasteiger partial charge is 0.193 e. The average molecular weight is 389 g/mol. The summed E-state index contributed by atoms with van der Waals surface area (Å²) in [5.74, 6) is 0.473. The van der Waals surface area contributed by atoms with Gasteiger partial charge in [-0.1, -0.05) is 6.07 Å². The van der Waals surface area contributed by atoms with Gasteiger partial charge in [-0.25, -0.2) is 0 Å². The number of halogens is 1. The fraction of sp³-hybridized carbons (Fsp3) is 0.533. The number of nitrogens with zero attached hydrogens (tertiary/aromatic N) is 1. The summed E-state index contributed by atoms with van der Waals surface area (Å²) in [6.45, 7) is 5.79. The van der Waals surface area contributed by atoms with Crippen molar-refractivity contribution in [1.29, 1.82) is 0 Å². The summed E-state index contributed by atoms with van der Waals surface area (Å²) < 4.78 is 5.55. The Morgan fingerprint density at radius 1 is 1.40 bits per heavy atom. The predicted molar refractivity (Wildman–Crippen MR) is 95.0 cm³/mol. The van der Waals surface area contributed by atoms with Crippen molar-refractivity contribution in [3.63, 3.8) is 0 Å². The van der Waals surface area contributed by atoms with Crippen molar-refractivity contribution in [2.24, 2.45) is 10.7 Å². The molecule has 2 rings (SSSR count). The largest absolute Gasteiger partial charge is 0.378 e. The van der Waals surface area contributed by atoms with Crippen LogP contribution < -0.4 is 11.1 Å². The van der Waals surface area contributed by atoms with Crippen molar-refractivity contribution in [1.82, 2.24) is 0 Å². The number of aliphatic imine (C=N–C) groups is 1. The van der Waals surface area contributed by atoms with Crippen LogP contribution in [0.15, 0.2) is 23.2 Å². The Morgan fingerprint density at radius 2 is 2.20 bits per heavy atom. The van der Waals surface area contributed by atoms with Crippen LogP contribution in [0.4, 0.5) is 5.69 Å². The van der Waals surface area contributed by atoms with Gasteiger partial charge in [0.1, 0.15) is 0 Å². The van der Waals surface area contributed by atoms with Crippen LogP contribution >= 0.6 is 24.0 Å². The number of benzene rings is 1. The molecule has 0 radical (unpaired) electrons. The third-order valence-electron chi connectivity index (χ3n) is 3.54. The molecule has 0 bridgehead atoms. The van der Waals surface area contributed by atoms with E-state index in [9.17, 15) is 0 Å². The van der Waals surface area contributed by atoms with Gasteiger partial charge in [-0.05, 0) is 56.4 Å². The van der Waals surface area contributed by atoms with E-state index in [0.717, 1.165) is 25.1 Å². The molecule has 0 aliphatic carbocycles. The summed E-state index contributed by atoms with van der Waals surface area (Å²) in [7, 11) is 0. The highest BCUT2D eigenvalue weighted by Crippen LogP contribution is 2.15. The fourth-order valence-electron chi connectivity index (χ4n) is 2.21. The summed E-state index contributed by atoms with van der Waals surface area (Å²) in [6, 6.07) is 6.18. The molecule has 1 aromatic rings. The summed E-state index contributed by atoms with van der Waals surface area (Å²) in [5.41, 5.74) is 9.39. The lowest BCUT2D eigenvalue weighted by atomic mass is 10.1. The highest BCUT2D eigenvalue weighted by Gasteiger charge is 2.14. The van der Waals surface area contributed by atoms with E-state index in [2.05, 4.69) is 36.3 Å². The maximum absolute atomic E-state index is 5.88. The molecule has 1 fully saturated rings. The third-order valence-corrected chi connectivity index (χ3v) is 3.54. The predicted octanol–water partition coefficient (Wildman–Crippen LogP) is 3.22. The minimum Gasteiger partial charge on any atom is -0.378 e. The molecule has 5 heteroatoms. The number of ether oxygens (including phenoxy) is 1. The average Bonchev–Trinajstić information content (AvgIpc) is 2.87. The molecular formula is C15H24IN3O. The summed E-state index contributed by atoms with van der Waals surface area (Å²) in [5, 5.41) is 3.12. The van der Waals surface area contributed by atoms with E-state index >= 15 is 0 Å². The molecule has 1 saturated heterocycles. The fourth-order valence-corrected chi connectivity index (χ4v) is 2.21. The zero-order valence-electron chi connectivity index (χ0n) is 12.2. The second-order valence-corrected chi connectivity index (χ2v) is 5.11. The zero-order chi connectivity index (χ0) is 13.7. The lowest BCUT2D eigenvalue weighted by molar-refractivity contribution is 0.106. The first kappa shape index (κ1) is 17.2. The Morgan fingerprint density at radius 3 is 2.85 bits per heavy atom. The Balaban J connectivity index is 0.00000200. The van der Waals surface area contributed by atoms with E-state index in [1.807, 2.05) is 6.07 Å². The number of hydrogen-bond acceptors (Lipinski definition) is 2. The SMILES string of the molecule is Cc1ccc(NC(N)=NCCC2CCCO2)cc1C.I. The number of guanidine groups is 1. The molecule has 1 aliphatic heterocycles. The van der Waals surface area contributed by atoms with Crippen molar-refractivity contribution < 1.29 is 4.74 Å². The van der Waals surface area contributed by atoms with E-state index in [0.29, 0.717) is 18.6 Å². The lowest BCUT2D eigenvalue weighted by Gasteiger charge is -2.09. The molecule has 1 unspecified atom stereocenters. The third kappa shape index (κ3) is 5.28. The second kappa shape index (κ2) is 8.46. The molecule has 1 aromatic carbocycles. The van der Waals surface area contributed by atoms with Crippen molar-refractivity contribution in [3.05, 3.63) is 29.3 Å². The van der Waals surface area contributed by atoms with Gasteiger partial charge in [0.25, 0.3) is 0 Å². The minimum absolute atomic E-state index is 0. The maximum atomic E-state index is 5.88. The molecule has 0 aromatic heterocycles. The van der Waals surface area contributed by atoms with Gasteiger partial charge in [0.05, 0.1) is 6.10 Å². The summed E-state index contributed by atoms with van der Waals surface area (Å²) in [4.78, 5) is 4.34. The van der Waals surface area contributed by atoms with Gasteiger partial charge in [-0.15, -0.1) is 24.0 Å². The molecule has 3 N–H and O–H groups in total. The van der Waals surface area contributed by atoms with Crippen LogP contribution in [0.5, 0.6) is 0 Å². The summed E-state index contributed by atoms with van der Waals surface area (Å²) >= 11 is 0. The van der Waals surface area contributed by atoms with Gasteiger partial charge in [0.15, 0.2) is 5.96 Å². The Bertz CT molecular complexity index is 456. The number of hydrogen-bond donors (Lipinski definition) is 2. The molecule has 1 aliphatic rings. The molecule has 0 saturated carbocycles. The molecule has 112 valence electrons. The molecule has 0 spiro atoms. The molecule has 20 heavy (non-hydrogen) atoms. The second-order valence-electron chi connectivity index (χ2n) is 5.11. The molecule has 1 heterocycles. The van der Waals surface area contributed by atoms with E-state index in [1.165, 1.54) is 17.5 Å². The van der Waals surface area contributed by atoms with Crippen molar-refractivity contribution in [3.8, 4) is 0 Å². The Labute approximate surface area is 138 Å². The monoisotopic (exact) mass is 389 g/mol. The highest BCUT2D eigenvalue weighted by atomic mass is 127. The highest BCUT2D eigenvalue weighted by molar-refractivity contribution is 14.0. The quantitative estimate of drug-likeness (QED) is 0.472. The van der Waals surface area contributed by atoms with Crippen LogP contribution in [0.2, 0.25) is 0 Å². The first-order chi connectivity index (χ1) is 9.15. The first-order valence-electron chi connectivity index (χ1n) is 6.91. The topological polar surface area (TPSA) is 59.6 Å². The number of nitrogens with two attached hydrogens (primary N) is 1. The standard InChI is InChI=1S/C15H23N3O.HI/c1-11-5-6-13(10-12(11)2)18-15(16)17-8-7-14-4-3-9-19-14;/h5-6,10,14H,3-4,7-9H2,1-2H3,(H3,16,17,18);1H. The van der Waals surface area contributed by atoms with Crippen LogP contribution in [0.25, 0.3) is 0 Å². The van der Waals surface area contributed by atoms with E-state index < -0.39 is 0 Å². The van der Waals surface area contributed by atoms with E-state index in [4.69, 9.17) is 10.5 Å². The minimum atomic E-state index is 0. The van der Waals surface area contributed by atoms with Crippen LogP contribution in [0, 0.1) is 13.8 Å². The molecule has 1 atom stereocenters. The van der Waals surface area contributed by atoms with Gasteiger partial charge >= 0.3 is 0 Å². The van der Waals surface area contributed by atoms with Gasteiger partial charge in [0, 0.05) is 18.8 Å². The summed E-state index contributed by atoms with van der Waals surface area (Å²) in [6.07, 6.45) is 3.65.